The summed E-state index contributed by atoms with van der Waals surface area (Å²) >= 11 is 9.03. The molecule has 3 aliphatic heterocycles. The molecule has 0 bridgehead atoms. The van der Waals surface area contributed by atoms with Crippen molar-refractivity contribution in [3.8, 4) is 23.5 Å². The van der Waals surface area contributed by atoms with E-state index in [1.807, 2.05) is 24.3 Å². The molecule has 0 atom stereocenters. The molecule has 26 heteroatoms. The van der Waals surface area contributed by atoms with E-state index in [0.717, 1.165) is 87.0 Å². The maximum Gasteiger partial charge on any atom is 0.232 e. The molecule has 3 saturated heterocycles. The Morgan fingerprint density at radius 3 is 1.45 bits per heavy atom. The number of hydrogen-bond acceptors (Lipinski definition) is 24. The molecule has 0 amide bonds. The normalized spacial score (nSPS) is 15.4. The lowest BCUT2D eigenvalue weighted by molar-refractivity contribution is 0.269. The quantitative estimate of drug-likeness (QED) is 0.0642. The first kappa shape index (κ1) is 56.9. The molecule has 0 spiro atoms. The number of nitrogens with zero attached hydrogens (tertiary/aromatic N) is 14. The van der Waals surface area contributed by atoms with Crippen LogP contribution in [0.2, 0.25) is 5.28 Å². The molecule has 6 N–H and O–H groups in total. The second-order valence-corrected chi connectivity index (χ2v) is 18.7. The number of halogens is 2. The van der Waals surface area contributed by atoms with Crippen molar-refractivity contribution in [1.29, 1.82) is 0 Å². The number of likely N-dealkylation sites (N-methyl/N-ethyl adjacent to an activating group) is 3. The molecule has 0 saturated carbocycles. The topological polar surface area (TPSA) is 266 Å². The average Bonchev–Trinajstić information content (AvgIpc) is 3.39. The Labute approximate surface area is 437 Å². The number of rotatable bonds is 13. The van der Waals surface area contributed by atoms with E-state index in [1.165, 1.54) is 24.9 Å². The third kappa shape index (κ3) is 17.1. The van der Waals surface area contributed by atoms with Crippen LogP contribution in [0, 0.1) is 3.57 Å². The van der Waals surface area contributed by atoms with Gasteiger partial charge < -0.3 is 74.5 Å². The molecule has 3 fully saturated rings. The first-order valence-corrected chi connectivity index (χ1v) is 24.8. The van der Waals surface area contributed by atoms with Crippen LogP contribution in [0.25, 0.3) is 0 Å². The van der Waals surface area contributed by atoms with Crippen LogP contribution >= 0.6 is 46.0 Å². The molecule has 0 radical (unpaired) electrons. The van der Waals surface area contributed by atoms with Gasteiger partial charge in [-0.1, -0.05) is 17.8 Å². The molecule has 4 aromatic heterocycles. The molecule has 3 aliphatic rings. The van der Waals surface area contributed by atoms with Gasteiger partial charge in [-0.15, -0.1) is 0 Å². The second kappa shape index (κ2) is 28.9. The predicted molar refractivity (Wildman–Crippen MR) is 280 cm³/mol. The van der Waals surface area contributed by atoms with Gasteiger partial charge >= 0.3 is 0 Å². The van der Waals surface area contributed by atoms with E-state index >= 15 is 0 Å². The van der Waals surface area contributed by atoms with Crippen LogP contribution in [0.5, 0.6) is 23.5 Å². The minimum Gasteiger partial charge on any atom is -0.481 e. The number of benzene rings is 1. The lowest BCUT2D eigenvalue weighted by atomic mass is 10.3. The van der Waals surface area contributed by atoms with Crippen LogP contribution < -0.4 is 39.4 Å². The Morgan fingerprint density at radius 2 is 1.00 bits per heavy atom. The Hall–Kier alpha value is -4.97. The molecule has 8 rings (SSSR count). The number of aromatic nitrogens is 8. The third-order valence-electron chi connectivity index (χ3n) is 11.1. The first-order valence-electron chi connectivity index (χ1n) is 22.6. The highest BCUT2D eigenvalue weighted by Gasteiger charge is 2.23. The number of methoxy groups -OCH3 is 4. The van der Waals surface area contributed by atoms with Crippen LogP contribution in [0.3, 0.4) is 0 Å². The lowest BCUT2D eigenvalue weighted by Gasteiger charge is -2.32. The van der Waals surface area contributed by atoms with E-state index in [-0.39, 0.29) is 31.7 Å². The van der Waals surface area contributed by atoms with Crippen molar-refractivity contribution in [1.82, 2.24) is 54.6 Å². The van der Waals surface area contributed by atoms with E-state index < -0.39 is 0 Å². The maximum absolute atomic E-state index is 9.83. The SMILES string of the molecule is COc1cc(CO)nc(Cl)n1.COc1cc(CO)nc(N2CCN(C)CC2)n1.COc1nc(N2CCN(C)CC2)nc(CO)c1I.COc1nc(N2CCN(C)CC2)nc(CO)c1Sc1cccc(N)c1. The average molecular weight is 1140 g/mol. The smallest absolute Gasteiger partial charge is 0.232 e. The molecule has 0 unspecified atom stereocenters. The molecule has 23 nitrogen and oxygen atoms in total. The molecule has 1 aromatic carbocycles. The van der Waals surface area contributed by atoms with Crippen LogP contribution in [0.1, 0.15) is 22.8 Å². The molecule has 388 valence electrons. The minimum absolute atomic E-state index is 0.0772. The maximum atomic E-state index is 9.83. The standard InChI is InChI=1S/C17H23N5O2S.C11H17IN4O2.C11H18N4O2.C6H7ClN2O2/c1-21-6-8-22(9-7-21)17-19-14(11-23)15(16(20-17)24-2)25-13-5-3-4-12(18)10-13;1-15-3-5-16(6-4-15)11-13-8(7-17)9(12)10(14-11)18-2;1-14-3-5-15(6-4-14)11-12-9(8-16)7-10(13-11)17-2;1-11-5-2-4(3-10)8-6(7)9-5/h3-5,10,23H,6-9,11,18H2,1-2H3;17H,3-7H2,1-2H3;7,16H,3-6,8H2,1-2H3;2,10H,3H2,1H3. The van der Waals surface area contributed by atoms with Gasteiger partial charge in [0.1, 0.15) is 0 Å². The molecule has 71 heavy (non-hydrogen) atoms. The van der Waals surface area contributed by atoms with E-state index in [4.69, 9.17) is 46.5 Å². The number of piperazine rings is 3. The van der Waals surface area contributed by atoms with Crippen molar-refractivity contribution in [2.24, 2.45) is 0 Å². The fraction of sp³-hybridized carbons (Fsp3) is 0.511. The summed E-state index contributed by atoms with van der Waals surface area (Å²) in [5.74, 6) is 3.74. The fourth-order valence-electron chi connectivity index (χ4n) is 6.92. The highest BCUT2D eigenvalue weighted by atomic mass is 127. The number of ether oxygens (including phenoxy) is 4. The van der Waals surface area contributed by atoms with Gasteiger partial charge in [0.05, 0.1) is 86.1 Å². The van der Waals surface area contributed by atoms with Crippen molar-refractivity contribution < 1.29 is 39.4 Å². The zero-order valence-corrected chi connectivity index (χ0v) is 44.9. The summed E-state index contributed by atoms with van der Waals surface area (Å²) in [5, 5.41) is 37.1. The van der Waals surface area contributed by atoms with Gasteiger partial charge in [-0.05, 0) is 73.5 Å². The van der Waals surface area contributed by atoms with Crippen LogP contribution in [-0.4, -0.2) is 203 Å². The predicted octanol–water partition coefficient (Wildman–Crippen LogP) is 2.16. The number of nitrogen functional groups attached to an aromatic ring is 1. The van der Waals surface area contributed by atoms with E-state index in [2.05, 4.69) is 113 Å². The molecule has 7 heterocycles. The minimum atomic E-state index is -0.176. The Morgan fingerprint density at radius 1 is 0.549 bits per heavy atom. The zero-order valence-electron chi connectivity index (χ0n) is 41.2. The largest absolute Gasteiger partial charge is 0.481 e. The number of hydrogen-bond donors (Lipinski definition) is 5. The summed E-state index contributed by atoms with van der Waals surface area (Å²) in [6.45, 7) is 10.6. The van der Waals surface area contributed by atoms with Gasteiger partial charge in [0.25, 0.3) is 0 Å². The van der Waals surface area contributed by atoms with Crippen molar-refractivity contribution >= 4 is 69.5 Å². The van der Waals surface area contributed by atoms with E-state index in [0.29, 0.717) is 74.7 Å². The Kier molecular flexibility index (Phi) is 23.2. The summed E-state index contributed by atoms with van der Waals surface area (Å²) in [5.41, 5.74) is 8.75. The fourth-order valence-corrected chi connectivity index (χ4v) is 8.76. The number of nitrogens with two attached hydrogens (primary N) is 1. The summed E-state index contributed by atoms with van der Waals surface area (Å²) in [4.78, 5) is 48.9. The number of aliphatic hydroxyl groups excluding tert-OH is 4. The highest BCUT2D eigenvalue weighted by molar-refractivity contribution is 14.1. The van der Waals surface area contributed by atoms with Crippen molar-refractivity contribution in [3.63, 3.8) is 0 Å². The van der Waals surface area contributed by atoms with Crippen molar-refractivity contribution in [3.05, 3.63) is 68.0 Å². The van der Waals surface area contributed by atoms with Crippen molar-refractivity contribution in [2.75, 3.05) is 149 Å². The summed E-state index contributed by atoms with van der Waals surface area (Å²) in [6, 6.07) is 10.7. The van der Waals surface area contributed by atoms with E-state index in [9.17, 15) is 10.2 Å². The van der Waals surface area contributed by atoms with Crippen LogP contribution in [0.4, 0.5) is 23.5 Å². The van der Waals surface area contributed by atoms with Gasteiger partial charge in [0.2, 0.25) is 46.6 Å². The summed E-state index contributed by atoms with van der Waals surface area (Å²) in [6.07, 6.45) is 0. The van der Waals surface area contributed by atoms with Crippen LogP contribution in [-0.2, 0) is 26.4 Å². The van der Waals surface area contributed by atoms with Crippen molar-refractivity contribution in [2.45, 2.75) is 36.2 Å². The summed E-state index contributed by atoms with van der Waals surface area (Å²) < 4.78 is 21.4. The number of aliphatic hydroxyl groups is 4. The summed E-state index contributed by atoms with van der Waals surface area (Å²) in [7, 11) is 12.5. The molecule has 5 aromatic rings. The van der Waals surface area contributed by atoms with Gasteiger partial charge in [-0.3, -0.25) is 0 Å². The Bertz CT molecular complexity index is 2340. The monoisotopic (exact) mass is 1140 g/mol. The van der Waals surface area contributed by atoms with E-state index in [1.54, 1.807) is 27.4 Å². The molecular weight excluding hydrogens is 1070 g/mol. The second-order valence-electron chi connectivity index (χ2n) is 16.2. The highest BCUT2D eigenvalue weighted by Crippen LogP contribution is 2.38. The van der Waals surface area contributed by atoms with Gasteiger partial charge in [-0.2, -0.15) is 19.9 Å². The number of anilines is 4. The van der Waals surface area contributed by atoms with Gasteiger partial charge in [0.15, 0.2) is 0 Å². The lowest BCUT2D eigenvalue weighted by Crippen LogP contribution is -2.45. The first-order chi connectivity index (χ1) is 34.2. The van der Waals surface area contributed by atoms with Gasteiger partial charge in [-0.25, -0.2) is 19.9 Å². The Balaban J connectivity index is 0.000000183. The van der Waals surface area contributed by atoms with Crippen LogP contribution in [0.15, 0.2) is 46.2 Å². The zero-order chi connectivity index (χ0) is 51.5. The van der Waals surface area contributed by atoms with Gasteiger partial charge in [0, 0.05) is 101 Å². The molecule has 0 aliphatic carbocycles. The molecular formula is C45H65ClIN15O8S. The third-order valence-corrected chi connectivity index (χ3v) is 13.5.